The molecule has 1 amide bonds. The average molecular weight is 369 g/mol. The minimum absolute atomic E-state index is 0.00602. The van der Waals surface area contributed by atoms with Gasteiger partial charge in [0.2, 0.25) is 5.91 Å². The Morgan fingerprint density at radius 3 is 2.59 bits per heavy atom. The molecule has 3 rings (SSSR count). The molecule has 1 aliphatic rings. The van der Waals surface area contributed by atoms with Gasteiger partial charge in [0.25, 0.3) is 0 Å². The summed E-state index contributed by atoms with van der Waals surface area (Å²) >= 11 is 0. The lowest BCUT2D eigenvalue weighted by atomic mass is 10.0. The quantitative estimate of drug-likeness (QED) is 0.771. The number of ether oxygens (including phenoxy) is 3. The number of hydrogen-bond donors (Lipinski definition) is 1. The van der Waals surface area contributed by atoms with Gasteiger partial charge in [0.15, 0.2) is 11.5 Å². The summed E-state index contributed by atoms with van der Waals surface area (Å²) < 4.78 is 16.8. The van der Waals surface area contributed by atoms with E-state index in [0.29, 0.717) is 26.2 Å². The predicted octanol–water partition coefficient (Wildman–Crippen LogP) is 3.67. The van der Waals surface area contributed by atoms with E-state index in [4.69, 9.17) is 14.2 Å². The molecule has 144 valence electrons. The van der Waals surface area contributed by atoms with Crippen LogP contribution >= 0.6 is 0 Å². The molecule has 1 aliphatic heterocycles. The van der Waals surface area contributed by atoms with Crippen molar-refractivity contribution in [2.75, 3.05) is 19.8 Å². The molecule has 5 nitrogen and oxygen atoms in total. The van der Waals surface area contributed by atoms with E-state index in [1.165, 1.54) is 5.56 Å². The van der Waals surface area contributed by atoms with Crippen molar-refractivity contribution in [1.82, 2.24) is 5.32 Å². The van der Waals surface area contributed by atoms with Crippen molar-refractivity contribution >= 4 is 5.91 Å². The Morgan fingerprint density at radius 2 is 1.85 bits per heavy atom. The zero-order valence-corrected chi connectivity index (χ0v) is 16.0. The van der Waals surface area contributed by atoms with E-state index in [0.717, 1.165) is 35.7 Å². The van der Waals surface area contributed by atoms with Gasteiger partial charge in [0.1, 0.15) is 19.0 Å². The summed E-state index contributed by atoms with van der Waals surface area (Å²) in [6.45, 7) is 5.64. The van der Waals surface area contributed by atoms with Crippen LogP contribution in [-0.2, 0) is 11.2 Å². The van der Waals surface area contributed by atoms with Crippen molar-refractivity contribution in [3.8, 4) is 17.2 Å². The molecule has 0 bridgehead atoms. The molecule has 0 spiro atoms. The fraction of sp³-hybridized carbons (Fsp3) is 0.409. The summed E-state index contributed by atoms with van der Waals surface area (Å²) in [5, 5.41) is 3.10. The third-order valence-corrected chi connectivity index (χ3v) is 4.57. The molecule has 0 saturated heterocycles. The highest BCUT2D eigenvalue weighted by molar-refractivity contribution is 5.76. The number of amides is 1. The number of fused-ring (bicyclic) bond motifs is 1. The van der Waals surface area contributed by atoms with Gasteiger partial charge in [-0.05, 0) is 49.6 Å². The zero-order chi connectivity index (χ0) is 19.1. The van der Waals surface area contributed by atoms with Crippen LogP contribution in [0.2, 0.25) is 0 Å². The molecule has 2 aromatic rings. The van der Waals surface area contributed by atoms with Crippen LogP contribution in [0.3, 0.4) is 0 Å². The van der Waals surface area contributed by atoms with E-state index in [2.05, 4.69) is 12.2 Å². The third-order valence-electron chi connectivity index (χ3n) is 4.57. The minimum atomic E-state index is 0.00602. The van der Waals surface area contributed by atoms with Crippen LogP contribution in [0.5, 0.6) is 17.2 Å². The first-order chi connectivity index (χ1) is 13.1. The van der Waals surface area contributed by atoms with E-state index in [-0.39, 0.29) is 11.9 Å². The lowest BCUT2D eigenvalue weighted by molar-refractivity contribution is -0.122. The summed E-state index contributed by atoms with van der Waals surface area (Å²) in [5.41, 5.74) is 2.31. The number of carbonyl (C=O) groups is 1. The van der Waals surface area contributed by atoms with E-state index >= 15 is 0 Å². The second-order valence-corrected chi connectivity index (χ2v) is 6.77. The Balaban J connectivity index is 1.46. The van der Waals surface area contributed by atoms with E-state index < -0.39 is 0 Å². The average Bonchev–Trinajstić information content (AvgIpc) is 2.69. The third kappa shape index (κ3) is 5.64. The van der Waals surface area contributed by atoms with Crippen LogP contribution in [0.4, 0.5) is 0 Å². The number of carbonyl (C=O) groups excluding carboxylic acids is 1. The zero-order valence-electron chi connectivity index (χ0n) is 16.0. The first-order valence-electron chi connectivity index (χ1n) is 9.51. The van der Waals surface area contributed by atoms with E-state index in [1.54, 1.807) is 0 Å². The second kappa shape index (κ2) is 9.31. The molecule has 27 heavy (non-hydrogen) atoms. The summed E-state index contributed by atoms with van der Waals surface area (Å²) in [6.07, 6.45) is 1.96. The van der Waals surface area contributed by atoms with Crippen LogP contribution < -0.4 is 19.5 Å². The van der Waals surface area contributed by atoms with Crippen molar-refractivity contribution in [2.45, 2.75) is 39.2 Å². The van der Waals surface area contributed by atoms with E-state index in [9.17, 15) is 4.79 Å². The molecule has 1 N–H and O–H groups in total. The first-order valence-corrected chi connectivity index (χ1v) is 9.51. The van der Waals surface area contributed by atoms with Gasteiger partial charge in [-0.25, -0.2) is 0 Å². The highest BCUT2D eigenvalue weighted by atomic mass is 16.6. The maximum Gasteiger partial charge on any atom is 0.223 e. The molecule has 1 heterocycles. The Bertz CT molecular complexity index is 757. The highest BCUT2D eigenvalue weighted by Gasteiger charge is 2.15. The number of benzene rings is 2. The monoisotopic (exact) mass is 369 g/mol. The number of aryl methyl sites for hydroxylation is 1. The smallest absolute Gasteiger partial charge is 0.223 e. The summed E-state index contributed by atoms with van der Waals surface area (Å²) in [5.74, 6) is 2.37. The molecule has 5 heteroatoms. The van der Waals surface area contributed by atoms with Gasteiger partial charge in [0, 0.05) is 6.04 Å². The normalized spacial score (nSPS) is 13.7. The largest absolute Gasteiger partial charge is 0.493 e. The molecule has 0 saturated carbocycles. The van der Waals surface area contributed by atoms with Crippen molar-refractivity contribution in [2.24, 2.45) is 0 Å². The van der Waals surface area contributed by atoms with Gasteiger partial charge >= 0.3 is 0 Å². The highest BCUT2D eigenvalue weighted by Crippen LogP contribution is 2.31. The first kappa shape index (κ1) is 19.1. The maximum absolute atomic E-state index is 12.2. The second-order valence-electron chi connectivity index (χ2n) is 6.77. The summed E-state index contributed by atoms with van der Waals surface area (Å²) in [6, 6.07) is 13.9. The standard InChI is InChI=1S/C22H27NO4/c1-3-18(14-17-6-9-20-21(15-17)27-13-12-26-20)23-22(24)10-11-25-19-7-4-16(2)5-8-19/h4-9,15,18H,3,10-14H2,1-2H3,(H,23,24). The van der Waals surface area contributed by atoms with Gasteiger partial charge in [-0.15, -0.1) is 0 Å². The molecule has 1 atom stereocenters. The van der Waals surface area contributed by atoms with Crippen LogP contribution in [0.1, 0.15) is 30.9 Å². The van der Waals surface area contributed by atoms with Gasteiger partial charge in [-0.2, -0.15) is 0 Å². The Labute approximate surface area is 160 Å². The summed E-state index contributed by atoms with van der Waals surface area (Å²) in [7, 11) is 0. The van der Waals surface area contributed by atoms with Crippen molar-refractivity contribution in [3.05, 3.63) is 53.6 Å². The van der Waals surface area contributed by atoms with Gasteiger partial charge in [-0.3, -0.25) is 4.79 Å². The molecule has 0 aromatic heterocycles. The van der Waals surface area contributed by atoms with Crippen LogP contribution in [0.25, 0.3) is 0 Å². The van der Waals surface area contributed by atoms with Gasteiger partial charge in [-0.1, -0.05) is 30.7 Å². The lowest BCUT2D eigenvalue weighted by Crippen LogP contribution is -2.36. The van der Waals surface area contributed by atoms with Crippen molar-refractivity contribution < 1.29 is 19.0 Å². The fourth-order valence-corrected chi connectivity index (χ4v) is 2.99. The maximum atomic E-state index is 12.2. The molecule has 1 unspecified atom stereocenters. The fourth-order valence-electron chi connectivity index (χ4n) is 2.99. The molecular formula is C22H27NO4. The molecule has 2 aromatic carbocycles. The Hall–Kier alpha value is -2.69. The van der Waals surface area contributed by atoms with Crippen LogP contribution in [0, 0.1) is 6.92 Å². The minimum Gasteiger partial charge on any atom is -0.493 e. The molecule has 0 fully saturated rings. The topological polar surface area (TPSA) is 56.8 Å². The lowest BCUT2D eigenvalue weighted by Gasteiger charge is -2.21. The predicted molar refractivity (Wildman–Crippen MR) is 105 cm³/mol. The SMILES string of the molecule is CCC(Cc1ccc2c(c1)OCCO2)NC(=O)CCOc1ccc(C)cc1. The number of hydrogen-bond acceptors (Lipinski definition) is 4. The Morgan fingerprint density at radius 1 is 1.11 bits per heavy atom. The summed E-state index contributed by atoms with van der Waals surface area (Å²) in [4.78, 5) is 12.2. The van der Waals surface area contributed by atoms with Crippen molar-refractivity contribution in [3.63, 3.8) is 0 Å². The number of nitrogens with one attached hydrogen (secondary N) is 1. The van der Waals surface area contributed by atoms with Crippen LogP contribution in [-0.4, -0.2) is 31.8 Å². The molecule has 0 radical (unpaired) electrons. The molecule has 0 aliphatic carbocycles. The van der Waals surface area contributed by atoms with E-state index in [1.807, 2.05) is 49.4 Å². The Kier molecular flexibility index (Phi) is 6.58. The van der Waals surface area contributed by atoms with Gasteiger partial charge < -0.3 is 19.5 Å². The number of rotatable bonds is 8. The van der Waals surface area contributed by atoms with Crippen molar-refractivity contribution in [1.29, 1.82) is 0 Å². The molecular weight excluding hydrogens is 342 g/mol. The van der Waals surface area contributed by atoms with Crippen LogP contribution in [0.15, 0.2) is 42.5 Å². The van der Waals surface area contributed by atoms with Gasteiger partial charge in [0.05, 0.1) is 13.0 Å².